The molecule has 3 atom stereocenters. The molecule has 0 saturated carbocycles. The maximum absolute atomic E-state index is 12.2. The van der Waals surface area contributed by atoms with E-state index < -0.39 is 18.2 Å². The number of unbranched alkanes of at least 4 members (excludes halogenated alkanes) is 15. The molecule has 0 aromatic heterocycles. The molecule has 212 valence electrons. The van der Waals surface area contributed by atoms with Crippen molar-refractivity contribution >= 4 is 5.91 Å². The largest absolute Gasteiger partial charge is 0.394 e. The third-order valence-electron chi connectivity index (χ3n) is 6.74. The van der Waals surface area contributed by atoms with Crippen molar-refractivity contribution in [3.63, 3.8) is 0 Å². The van der Waals surface area contributed by atoms with E-state index in [-0.39, 0.29) is 18.9 Å². The van der Waals surface area contributed by atoms with E-state index in [1.165, 1.54) is 83.5 Å². The predicted molar refractivity (Wildman–Crippen MR) is 153 cm³/mol. The number of aliphatic hydroxyl groups excluding tert-OH is 3. The molecule has 0 aliphatic carbocycles. The van der Waals surface area contributed by atoms with Gasteiger partial charge in [0.2, 0.25) is 5.91 Å². The standard InChI is InChI=1S/C31H59NO4/c1-3-5-7-9-11-13-14-15-17-19-21-23-25-30(35)29(27-33)32-31(36)26-28(34)24-22-20-18-16-12-10-8-6-4-2/h15,17,23,25,28-30,33-35H,3-14,16,18-22,24,26-27H2,1-2H3,(H,32,36)/b17-15+,25-23+. The van der Waals surface area contributed by atoms with Gasteiger partial charge in [0.15, 0.2) is 0 Å². The minimum atomic E-state index is -0.944. The quantitative estimate of drug-likeness (QED) is 0.0737. The van der Waals surface area contributed by atoms with Crippen LogP contribution in [0.15, 0.2) is 24.3 Å². The first-order valence-corrected chi connectivity index (χ1v) is 15.1. The first-order valence-electron chi connectivity index (χ1n) is 15.1. The van der Waals surface area contributed by atoms with Crippen molar-refractivity contribution in [1.29, 1.82) is 0 Å². The number of carbonyl (C=O) groups excluding carboxylic acids is 1. The molecule has 3 unspecified atom stereocenters. The van der Waals surface area contributed by atoms with Gasteiger partial charge in [-0.1, -0.05) is 128 Å². The van der Waals surface area contributed by atoms with E-state index in [0.717, 1.165) is 32.1 Å². The predicted octanol–water partition coefficient (Wildman–Crippen LogP) is 7.14. The van der Waals surface area contributed by atoms with E-state index in [9.17, 15) is 20.1 Å². The zero-order chi connectivity index (χ0) is 26.7. The minimum Gasteiger partial charge on any atom is -0.394 e. The van der Waals surface area contributed by atoms with Crippen LogP contribution in [-0.4, -0.2) is 46.1 Å². The van der Waals surface area contributed by atoms with Crippen molar-refractivity contribution in [2.45, 2.75) is 161 Å². The van der Waals surface area contributed by atoms with Gasteiger partial charge in [0.1, 0.15) is 0 Å². The maximum atomic E-state index is 12.2. The molecule has 0 radical (unpaired) electrons. The summed E-state index contributed by atoms with van der Waals surface area (Å²) in [6.07, 6.45) is 28.7. The molecule has 0 aliphatic rings. The fourth-order valence-corrected chi connectivity index (χ4v) is 4.35. The van der Waals surface area contributed by atoms with Crippen LogP contribution in [0.5, 0.6) is 0 Å². The summed E-state index contributed by atoms with van der Waals surface area (Å²) in [5.41, 5.74) is 0. The first kappa shape index (κ1) is 34.8. The Kier molecular flexibility index (Phi) is 26.0. The van der Waals surface area contributed by atoms with E-state index in [0.29, 0.717) is 6.42 Å². The van der Waals surface area contributed by atoms with Gasteiger partial charge in [0.05, 0.1) is 31.3 Å². The maximum Gasteiger partial charge on any atom is 0.222 e. The molecule has 0 fully saturated rings. The number of hydrogen-bond donors (Lipinski definition) is 4. The highest BCUT2D eigenvalue weighted by Crippen LogP contribution is 2.13. The summed E-state index contributed by atoms with van der Waals surface area (Å²) in [7, 11) is 0. The number of hydrogen-bond acceptors (Lipinski definition) is 4. The van der Waals surface area contributed by atoms with Crippen LogP contribution in [0.3, 0.4) is 0 Å². The number of nitrogens with one attached hydrogen (secondary N) is 1. The van der Waals surface area contributed by atoms with E-state index in [1.54, 1.807) is 6.08 Å². The van der Waals surface area contributed by atoms with E-state index in [4.69, 9.17) is 0 Å². The SMILES string of the molecule is CCCCCCCC/C=C/CC/C=C/C(O)C(CO)NC(=O)CC(O)CCCCCCCCCCC. The zero-order valence-corrected chi connectivity index (χ0v) is 23.6. The zero-order valence-electron chi connectivity index (χ0n) is 23.6. The topological polar surface area (TPSA) is 89.8 Å². The molecule has 0 heterocycles. The highest BCUT2D eigenvalue weighted by molar-refractivity contribution is 5.76. The van der Waals surface area contributed by atoms with Gasteiger partial charge in [-0.05, 0) is 32.1 Å². The summed E-state index contributed by atoms with van der Waals surface area (Å²) >= 11 is 0. The Morgan fingerprint density at radius 3 is 1.78 bits per heavy atom. The molecule has 1 amide bonds. The Labute approximate surface area is 222 Å². The van der Waals surface area contributed by atoms with Gasteiger partial charge in [-0.3, -0.25) is 4.79 Å². The Balaban J connectivity index is 3.89. The molecular weight excluding hydrogens is 450 g/mol. The highest BCUT2D eigenvalue weighted by atomic mass is 16.3. The lowest BCUT2D eigenvalue weighted by atomic mass is 10.0. The van der Waals surface area contributed by atoms with E-state index in [1.807, 2.05) is 6.08 Å². The van der Waals surface area contributed by atoms with Crippen LogP contribution >= 0.6 is 0 Å². The molecule has 0 aromatic rings. The molecule has 5 nitrogen and oxygen atoms in total. The van der Waals surface area contributed by atoms with E-state index >= 15 is 0 Å². The Morgan fingerprint density at radius 2 is 1.19 bits per heavy atom. The third kappa shape index (κ3) is 23.2. The molecule has 0 saturated heterocycles. The average molecular weight is 510 g/mol. The van der Waals surface area contributed by atoms with Crippen molar-refractivity contribution in [3.05, 3.63) is 24.3 Å². The number of allylic oxidation sites excluding steroid dienone is 3. The summed E-state index contributed by atoms with van der Waals surface area (Å²) in [6.45, 7) is 4.12. The van der Waals surface area contributed by atoms with Crippen molar-refractivity contribution in [2.75, 3.05) is 6.61 Å². The molecule has 36 heavy (non-hydrogen) atoms. The lowest BCUT2D eigenvalue weighted by Gasteiger charge is -2.21. The molecule has 5 heteroatoms. The summed E-state index contributed by atoms with van der Waals surface area (Å²) in [4.78, 5) is 12.2. The van der Waals surface area contributed by atoms with Crippen molar-refractivity contribution in [1.82, 2.24) is 5.32 Å². The van der Waals surface area contributed by atoms with Crippen LogP contribution in [0.1, 0.15) is 142 Å². The van der Waals surface area contributed by atoms with Crippen LogP contribution in [0, 0.1) is 0 Å². The second kappa shape index (κ2) is 26.9. The van der Waals surface area contributed by atoms with E-state index in [2.05, 4.69) is 31.3 Å². The summed E-state index contributed by atoms with van der Waals surface area (Å²) in [5, 5.41) is 32.7. The minimum absolute atomic E-state index is 0.00729. The normalized spacial score (nSPS) is 14.5. The van der Waals surface area contributed by atoms with Crippen molar-refractivity contribution < 1.29 is 20.1 Å². The molecule has 4 N–H and O–H groups in total. The van der Waals surface area contributed by atoms with Gasteiger partial charge < -0.3 is 20.6 Å². The summed E-state index contributed by atoms with van der Waals surface area (Å²) < 4.78 is 0. The Bertz CT molecular complexity index is 535. The second-order valence-corrected chi connectivity index (χ2v) is 10.4. The van der Waals surface area contributed by atoms with Gasteiger partial charge in [-0.15, -0.1) is 0 Å². The number of rotatable bonds is 26. The van der Waals surface area contributed by atoms with Crippen LogP contribution in [0.25, 0.3) is 0 Å². The smallest absolute Gasteiger partial charge is 0.222 e. The molecule has 0 aliphatic heterocycles. The number of amides is 1. The summed E-state index contributed by atoms with van der Waals surface area (Å²) in [5.74, 6) is -0.331. The summed E-state index contributed by atoms with van der Waals surface area (Å²) in [6, 6.07) is -0.753. The lowest BCUT2D eigenvalue weighted by Crippen LogP contribution is -2.45. The molecule has 0 aromatic carbocycles. The fraction of sp³-hybridized carbons (Fsp3) is 0.839. The van der Waals surface area contributed by atoms with Gasteiger partial charge in [-0.2, -0.15) is 0 Å². The molecule has 0 bridgehead atoms. The van der Waals surface area contributed by atoms with Gasteiger partial charge >= 0.3 is 0 Å². The van der Waals surface area contributed by atoms with Crippen molar-refractivity contribution in [3.8, 4) is 0 Å². The number of carbonyl (C=O) groups is 1. The average Bonchev–Trinajstić information content (AvgIpc) is 2.86. The fourth-order valence-electron chi connectivity index (χ4n) is 4.35. The van der Waals surface area contributed by atoms with Crippen molar-refractivity contribution in [2.24, 2.45) is 0 Å². The van der Waals surface area contributed by atoms with Crippen LogP contribution < -0.4 is 5.32 Å². The highest BCUT2D eigenvalue weighted by Gasteiger charge is 2.19. The Hall–Kier alpha value is -1.17. The van der Waals surface area contributed by atoms with Gasteiger partial charge in [0, 0.05) is 0 Å². The van der Waals surface area contributed by atoms with Crippen LogP contribution in [0.4, 0.5) is 0 Å². The third-order valence-corrected chi connectivity index (χ3v) is 6.74. The molecule has 0 rings (SSSR count). The Morgan fingerprint density at radius 1 is 0.694 bits per heavy atom. The first-order chi connectivity index (χ1) is 17.5. The monoisotopic (exact) mass is 509 g/mol. The van der Waals surface area contributed by atoms with Gasteiger partial charge in [-0.25, -0.2) is 0 Å². The molecular formula is C31H59NO4. The lowest BCUT2D eigenvalue weighted by molar-refractivity contribution is -0.124. The van der Waals surface area contributed by atoms with Gasteiger partial charge in [0.25, 0.3) is 0 Å². The number of aliphatic hydroxyl groups is 3. The second-order valence-electron chi connectivity index (χ2n) is 10.4. The molecule has 0 spiro atoms. The van der Waals surface area contributed by atoms with Crippen LogP contribution in [-0.2, 0) is 4.79 Å². The van der Waals surface area contributed by atoms with Crippen LogP contribution in [0.2, 0.25) is 0 Å².